The highest BCUT2D eigenvalue weighted by atomic mass is 35.5. The highest BCUT2D eigenvalue weighted by Gasteiger charge is 2.42. The van der Waals surface area contributed by atoms with Gasteiger partial charge in [-0.05, 0) is 55.0 Å². The molecule has 1 atom stereocenters. The first-order chi connectivity index (χ1) is 14.0. The lowest BCUT2D eigenvalue weighted by atomic mass is 9.98. The van der Waals surface area contributed by atoms with E-state index >= 15 is 0 Å². The molecule has 0 radical (unpaired) electrons. The number of rotatable bonds is 5. The van der Waals surface area contributed by atoms with E-state index in [4.69, 9.17) is 16.0 Å². The Morgan fingerprint density at radius 1 is 1.17 bits per heavy atom. The van der Waals surface area contributed by atoms with Crippen molar-refractivity contribution in [2.24, 2.45) is 0 Å². The number of carbonyl (C=O) groups is 1. The van der Waals surface area contributed by atoms with E-state index in [1.165, 1.54) is 0 Å². The van der Waals surface area contributed by atoms with E-state index in [1.807, 2.05) is 37.4 Å². The van der Waals surface area contributed by atoms with Gasteiger partial charge in [0.15, 0.2) is 5.43 Å². The van der Waals surface area contributed by atoms with Crippen molar-refractivity contribution in [1.82, 2.24) is 4.90 Å². The van der Waals surface area contributed by atoms with Crippen molar-refractivity contribution in [2.75, 3.05) is 12.8 Å². The molecule has 1 amide bonds. The molecule has 29 heavy (non-hydrogen) atoms. The molecule has 0 saturated heterocycles. The molecule has 4 rings (SSSR count). The first-order valence-electron chi connectivity index (χ1n) is 9.68. The maximum absolute atomic E-state index is 13.5. The van der Waals surface area contributed by atoms with Crippen LogP contribution in [-0.4, -0.2) is 23.6 Å². The van der Waals surface area contributed by atoms with Gasteiger partial charge in [-0.25, -0.2) is 0 Å². The zero-order valence-corrected chi connectivity index (χ0v) is 18.2. The zero-order chi connectivity index (χ0) is 20.7. The molecule has 6 heteroatoms. The van der Waals surface area contributed by atoms with Gasteiger partial charge in [-0.3, -0.25) is 9.59 Å². The summed E-state index contributed by atoms with van der Waals surface area (Å²) in [6.45, 7) is 4.50. The van der Waals surface area contributed by atoms with Gasteiger partial charge in [0.05, 0.1) is 17.0 Å². The van der Waals surface area contributed by atoms with E-state index in [0.717, 1.165) is 28.9 Å². The summed E-state index contributed by atoms with van der Waals surface area (Å²) in [5, 5.41) is 0.924. The Kier molecular flexibility index (Phi) is 5.45. The second-order valence-corrected chi connectivity index (χ2v) is 8.59. The number of hydrogen-bond acceptors (Lipinski definition) is 4. The first-order valence-corrected chi connectivity index (χ1v) is 11.3. The Hall–Kier alpha value is -2.24. The number of benzene rings is 2. The van der Waals surface area contributed by atoms with Gasteiger partial charge in [0.2, 0.25) is 5.76 Å². The van der Waals surface area contributed by atoms with E-state index < -0.39 is 6.04 Å². The molecule has 2 aromatic carbocycles. The summed E-state index contributed by atoms with van der Waals surface area (Å²) in [5.74, 6) is -0.0711. The maximum atomic E-state index is 13.5. The number of halogens is 1. The lowest BCUT2D eigenvalue weighted by molar-refractivity contribution is 0.0725. The quantitative estimate of drug-likeness (QED) is 0.481. The van der Waals surface area contributed by atoms with E-state index in [-0.39, 0.29) is 17.1 Å². The van der Waals surface area contributed by atoms with Crippen LogP contribution in [0.5, 0.6) is 0 Å². The lowest BCUT2D eigenvalue weighted by Gasteiger charge is -2.25. The predicted octanol–water partition coefficient (Wildman–Crippen LogP) is 5.82. The van der Waals surface area contributed by atoms with Crippen LogP contribution in [0.4, 0.5) is 0 Å². The van der Waals surface area contributed by atoms with Crippen molar-refractivity contribution in [3.63, 3.8) is 0 Å². The second-order valence-electron chi connectivity index (χ2n) is 7.30. The molecule has 0 aliphatic carbocycles. The average Bonchev–Trinajstić information content (AvgIpc) is 3.00. The van der Waals surface area contributed by atoms with Gasteiger partial charge in [-0.1, -0.05) is 37.1 Å². The third-order valence-corrected chi connectivity index (χ3v) is 6.58. The fourth-order valence-corrected chi connectivity index (χ4v) is 4.40. The van der Waals surface area contributed by atoms with E-state index in [9.17, 15) is 9.59 Å². The Morgan fingerprint density at radius 3 is 2.55 bits per heavy atom. The van der Waals surface area contributed by atoms with E-state index in [1.54, 1.807) is 28.8 Å². The van der Waals surface area contributed by atoms with Crippen LogP contribution in [0, 0.1) is 6.92 Å². The van der Waals surface area contributed by atoms with Crippen molar-refractivity contribution in [3.8, 4) is 0 Å². The van der Waals surface area contributed by atoms with Crippen molar-refractivity contribution in [3.05, 3.63) is 74.1 Å². The van der Waals surface area contributed by atoms with Gasteiger partial charge in [-0.15, -0.1) is 11.8 Å². The van der Waals surface area contributed by atoms with Crippen LogP contribution in [0.25, 0.3) is 11.0 Å². The van der Waals surface area contributed by atoms with Gasteiger partial charge < -0.3 is 9.32 Å². The van der Waals surface area contributed by atoms with Crippen LogP contribution in [0.3, 0.4) is 0 Å². The van der Waals surface area contributed by atoms with E-state index in [2.05, 4.69) is 6.92 Å². The fraction of sp³-hybridized carbons (Fsp3) is 0.304. The third-order valence-electron chi connectivity index (χ3n) is 5.43. The van der Waals surface area contributed by atoms with E-state index in [0.29, 0.717) is 28.1 Å². The highest BCUT2D eigenvalue weighted by molar-refractivity contribution is 7.98. The summed E-state index contributed by atoms with van der Waals surface area (Å²) in [4.78, 5) is 29.6. The summed E-state index contributed by atoms with van der Waals surface area (Å²) < 4.78 is 5.99. The average molecular weight is 428 g/mol. The molecule has 1 aromatic heterocycles. The summed E-state index contributed by atoms with van der Waals surface area (Å²) in [6.07, 6.45) is 3.83. The largest absolute Gasteiger partial charge is 0.450 e. The van der Waals surface area contributed by atoms with Crippen LogP contribution in [0.15, 0.2) is 50.5 Å². The Balaban J connectivity index is 1.95. The monoisotopic (exact) mass is 427 g/mol. The molecule has 150 valence electrons. The molecule has 3 aromatic rings. The maximum Gasteiger partial charge on any atom is 0.290 e. The van der Waals surface area contributed by atoms with Crippen molar-refractivity contribution >= 4 is 40.2 Å². The lowest BCUT2D eigenvalue weighted by Crippen LogP contribution is -2.30. The van der Waals surface area contributed by atoms with Crippen LogP contribution in [0.1, 0.15) is 53.1 Å². The summed E-state index contributed by atoms with van der Waals surface area (Å²) in [6, 6.07) is 10.9. The number of hydrogen-bond donors (Lipinski definition) is 0. The SMILES string of the molecule is CCCCN1C(=O)c2oc3cc(C)c(Cl)cc3c(=O)c2C1c1ccc(SC)cc1. The normalized spacial score (nSPS) is 15.9. The summed E-state index contributed by atoms with van der Waals surface area (Å²) in [5.41, 5.74) is 2.35. The van der Waals surface area contributed by atoms with Gasteiger partial charge in [-0.2, -0.15) is 0 Å². The number of aryl methyl sites for hydroxylation is 1. The van der Waals surface area contributed by atoms with Crippen LogP contribution in [0.2, 0.25) is 5.02 Å². The molecule has 1 unspecified atom stereocenters. The Bertz CT molecular complexity index is 1150. The Morgan fingerprint density at radius 2 is 1.90 bits per heavy atom. The molecule has 0 spiro atoms. The minimum Gasteiger partial charge on any atom is -0.450 e. The molecule has 0 N–H and O–H groups in total. The third kappa shape index (κ3) is 3.36. The van der Waals surface area contributed by atoms with Crippen LogP contribution in [-0.2, 0) is 0 Å². The molecule has 0 fully saturated rings. The first kappa shape index (κ1) is 20.0. The number of carbonyl (C=O) groups excluding carboxylic acids is 1. The molecule has 4 nitrogen and oxygen atoms in total. The van der Waals surface area contributed by atoms with Crippen LogP contribution < -0.4 is 5.43 Å². The van der Waals surface area contributed by atoms with Crippen molar-refractivity contribution < 1.29 is 9.21 Å². The predicted molar refractivity (Wildman–Crippen MR) is 118 cm³/mol. The smallest absolute Gasteiger partial charge is 0.290 e. The molecule has 1 aliphatic heterocycles. The van der Waals surface area contributed by atoms with Gasteiger partial charge in [0, 0.05) is 16.5 Å². The number of nitrogens with zero attached hydrogens (tertiary/aromatic N) is 1. The molecule has 2 heterocycles. The van der Waals surface area contributed by atoms with Gasteiger partial charge >= 0.3 is 0 Å². The second kappa shape index (κ2) is 7.88. The number of thioether (sulfide) groups is 1. The van der Waals surface area contributed by atoms with Gasteiger partial charge in [0.25, 0.3) is 5.91 Å². The molecular weight excluding hydrogens is 406 g/mol. The topological polar surface area (TPSA) is 50.5 Å². The number of unbranched alkanes of at least 4 members (excludes halogenated alkanes) is 1. The summed E-state index contributed by atoms with van der Waals surface area (Å²) in [7, 11) is 0. The van der Waals surface area contributed by atoms with Crippen LogP contribution >= 0.6 is 23.4 Å². The molecular formula is C23H22ClNO3S. The number of amides is 1. The zero-order valence-electron chi connectivity index (χ0n) is 16.6. The Labute approximate surface area is 178 Å². The minimum atomic E-state index is -0.444. The fourth-order valence-electron chi connectivity index (χ4n) is 3.83. The van der Waals surface area contributed by atoms with Gasteiger partial charge in [0.1, 0.15) is 5.58 Å². The summed E-state index contributed by atoms with van der Waals surface area (Å²) >= 11 is 7.92. The molecule has 0 saturated carbocycles. The molecule has 1 aliphatic rings. The highest BCUT2D eigenvalue weighted by Crippen LogP contribution is 2.39. The molecule has 0 bridgehead atoms. The minimum absolute atomic E-state index is 0.152. The van der Waals surface area contributed by atoms with Crippen molar-refractivity contribution in [1.29, 1.82) is 0 Å². The standard InChI is InChI=1S/C23H22ClNO3S/c1-4-5-10-25-20(14-6-8-15(29-3)9-7-14)19-21(26)16-12-17(24)13(2)11-18(16)28-22(19)23(25)27/h6-9,11-12,20H,4-5,10H2,1-3H3. The van der Waals surface area contributed by atoms with Crippen molar-refractivity contribution in [2.45, 2.75) is 37.6 Å². The number of fused-ring (bicyclic) bond motifs is 2.